The Morgan fingerprint density at radius 2 is 1.89 bits per heavy atom. The molecule has 4 N–H and O–H groups in total. The van der Waals surface area contributed by atoms with Crippen LogP contribution in [-0.4, -0.2) is 39.6 Å². The van der Waals surface area contributed by atoms with Crippen molar-refractivity contribution in [2.75, 3.05) is 18.9 Å². The van der Waals surface area contributed by atoms with E-state index in [2.05, 4.69) is 20.5 Å². The molecule has 7 heteroatoms. The molecule has 3 rings (SSSR count). The molecule has 0 aliphatic carbocycles. The Morgan fingerprint density at radius 3 is 2.48 bits per heavy atom. The molecule has 3 aromatic rings. The first-order valence-corrected chi connectivity index (χ1v) is 8.90. The fraction of sp³-hybridized carbons (Fsp3) is 0.250. The molecule has 0 aliphatic rings. The number of hydrogen-bond donors (Lipinski definition) is 3. The molecule has 2 aromatic carbocycles. The van der Waals surface area contributed by atoms with Crippen LogP contribution in [0.1, 0.15) is 24.4 Å². The lowest BCUT2D eigenvalue weighted by Gasteiger charge is -2.26. The average molecular weight is 364 g/mol. The molecule has 27 heavy (non-hydrogen) atoms. The summed E-state index contributed by atoms with van der Waals surface area (Å²) in [6.45, 7) is 3.11. The first kappa shape index (κ1) is 18.8. The summed E-state index contributed by atoms with van der Waals surface area (Å²) in [6.07, 6.45) is 0. The lowest BCUT2D eigenvalue weighted by molar-refractivity contribution is -0.121. The van der Waals surface area contributed by atoms with E-state index in [0.29, 0.717) is 18.2 Å². The van der Waals surface area contributed by atoms with Gasteiger partial charge in [-0.3, -0.25) is 14.8 Å². The highest BCUT2D eigenvalue weighted by molar-refractivity contribution is 5.95. The van der Waals surface area contributed by atoms with Crippen LogP contribution in [0.2, 0.25) is 0 Å². The third kappa shape index (κ3) is 4.39. The van der Waals surface area contributed by atoms with E-state index in [1.165, 1.54) is 0 Å². The third-order valence-electron chi connectivity index (χ3n) is 4.44. The molecule has 7 nitrogen and oxygen atoms in total. The number of H-pyrrole nitrogens is 1. The molecule has 0 fully saturated rings. The second kappa shape index (κ2) is 8.57. The van der Waals surface area contributed by atoms with Gasteiger partial charge in [-0.25, -0.2) is 4.98 Å². The molecule has 140 valence electrons. The third-order valence-corrected chi connectivity index (χ3v) is 4.44. The number of anilines is 1. The van der Waals surface area contributed by atoms with Crippen molar-refractivity contribution in [3.05, 3.63) is 66.0 Å². The highest BCUT2D eigenvalue weighted by atomic mass is 16.2. The summed E-state index contributed by atoms with van der Waals surface area (Å²) >= 11 is 0. The number of likely N-dealkylation sites (N-methyl/N-ethyl adjacent to an activating group) is 1. The monoisotopic (exact) mass is 364 g/mol. The minimum Gasteiger partial charge on any atom is -0.324 e. The van der Waals surface area contributed by atoms with E-state index >= 15 is 0 Å². The van der Waals surface area contributed by atoms with Crippen LogP contribution in [0.3, 0.4) is 0 Å². The number of nitrogens with one attached hydrogen (secondary N) is 2. The molecule has 1 heterocycles. The van der Waals surface area contributed by atoms with Crippen molar-refractivity contribution < 1.29 is 4.79 Å². The number of aromatic amines is 1. The number of amides is 1. The normalized spacial score (nSPS) is 12.1. The Bertz CT molecular complexity index is 875. The van der Waals surface area contributed by atoms with E-state index in [1.54, 1.807) is 0 Å². The van der Waals surface area contributed by atoms with Crippen molar-refractivity contribution in [3.63, 3.8) is 0 Å². The Kier molecular flexibility index (Phi) is 5.95. The number of nitrogens with two attached hydrogens (primary N) is 1. The number of rotatable bonds is 7. The van der Waals surface area contributed by atoms with Gasteiger partial charge in [0.15, 0.2) is 5.82 Å². The van der Waals surface area contributed by atoms with Gasteiger partial charge >= 0.3 is 0 Å². The summed E-state index contributed by atoms with van der Waals surface area (Å²) in [4.78, 5) is 19.2. The number of aromatic nitrogens is 3. The quantitative estimate of drug-likeness (QED) is 0.598. The van der Waals surface area contributed by atoms with Crippen LogP contribution in [0.15, 0.2) is 54.6 Å². The van der Waals surface area contributed by atoms with E-state index in [1.807, 2.05) is 73.5 Å². The molecule has 1 aromatic heterocycles. The first-order chi connectivity index (χ1) is 13.1. The van der Waals surface area contributed by atoms with Crippen molar-refractivity contribution >= 4 is 11.6 Å². The molecule has 0 saturated heterocycles. The molecule has 0 spiro atoms. The second-order valence-corrected chi connectivity index (χ2v) is 6.26. The van der Waals surface area contributed by atoms with Crippen molar-refractivity contribution in [3.8, 4) is 11.4 Å². The molecule has 0 bridgehead atoms. The van der Waals surface area contributed by atoms with Gasteiger partial charge in [-0.15, -0.1) is 0 Å². The molecule has 1 unspecified atom stereocenters. The Morgan fingerprint density at radius 1 is 1.19 bits per heavy atom. The average Bonchev–Trinajstić information content (AvgIpc) is 3.18. The summed E-state index contributed by atoms with van der Waals surface area (Å²) in [7, 11) is 1.94. The van der Waals surface area contributed by atoms with Crippen LogP contribution in [-0.2, 0) is 11.3 Å². The summed E-state index contributed by atoms with van der Waals surface area (Å²) in [5.41, 5.74) is 8.09. The predicted octanol–water partition coefficient (Wildman–Crippen LogP) is 2.56. The molecule has 0 saturated carbocycles. The Balaban J connectivity index is 1.75. The van der Waals surface area contributed by atoms with Gasteiger partial charge in [0.25, 0.3) is 0 Å². The fourth-order valence-corrected chi connectivity index (χ4v) is 2.85. The molecule has 1 amide bonds. The fourth-order valence-electron chi connectivity index (χ4n) is 2.85. The molecule has 0 aliphatic heterocycles. The number of hydrogen-bond acceptors (Lipinski definition) is 5. The molecular formula is C20H24N6O. The van der Waals surface area contributed by atoms with Crippen molar-refractivity contribution in [2.45, 2.75) is 19.5 Å². The van der Waals surface area contributed by atoms with E-state index in [0.717, 1.165) is 23.4 Å². The lowest BCUT2D eigenvalue weighted by atomic mass is 10.0. The summed E-state index contributed by atoms with van der Waals surface area (Å²) in [5.74, 6) is 1.15. The lowest BCUT2D eigenvalue weighted by Crippen LogP contribution is -2.34. The van der Waals surface area contributed by atoms with Gasteiger partial charge in [-0.1, -0.05) is 37.3 Å². The summed E-state index contributed by atoms with van der Waals surface area (Å²) < 4.78 is 0. The van der Waals surface area contributed by atoms with Gasteiger partial charge in [0, 0.05) is 11.3 Å². The summed E-state index contributed by atoms with van der Waals surface area (Å²) in [5, 5.41) is 9.93. The van der Waals surface area contributed by atoms with Crippen molar-refractivity contribution in [2.24, 2.45) is 5.73 Å². The number of carbonyl (C=O) groups is 1. The summed E-state index contributed by atoms with van der Waals surface area (Å²) in [6, 6.07) is 16.9. The van der Waals surface area contributed by atoms with Crippen LogP contribution in [0.5, 0.6) is 0 Å². The standard InChI is InChI=1S/C20H24N6O/c1-3-26(2)18(14-7-5-4-6-8-14)20(27)22-16-11-9-15(10-12-16)19-23-17(13-21)24-25-19/h4-12,18H,3,13,21H2,1-2H3,(H,22,27)(H,23,24,25). The van der Waals surface area contributed by atoms with Crippen LogP contribution in [0.25, 0.3) is 11.4 Å². The van der Waals surface area contributed by atoms with Gasteiger partial charge in [0.1, 0.15) is 11.9 Å². The SMILES string of the molecule is CCN(C)C(C(=O)Nc1ccc(-c2n[nH]c(CN)n2)cc1)c1ccccc1. The molecular weight excluding hydrogens is 340 g/mol. The van der Waals surface area contributed by atoms with Gasteiger partial charge in [0.2, 0.25) is 5.91 Å². The van der Waals surface area contributed by atoms with Gasteiger partial charge in [0.05, 0.1) is 6.54 Å². The zero-order chi connectivity index (χ0) is 19.2. The number of nitrogens with zero attached hydrogens (tertiary/aromatic N) is 3. The first-order valence-electron chi connectivity index (χ1n) is 8.90. The number of carbonyl (C=O) groups excluding carboxylic acids is 1. The van der Waals surface area contributed by atoms with Crippen LogP contribution in [0.4, 0.5) is 5.69 Å². The second-order valence-electron chi connectivity index (χ2n) is 6.26. The minimum atomic E-state index is -0.351. The Labute approximate surface area is 158 Å². The van der Waals surface area contributed by atoms with E-state index in [9.17, 15) is 4.79 Å². The predicted molar refractivity (Wildman–Crippen MR) is 106 cm³/mol. The topological polar surface area (TPSA) is 99.9 Å². The number of benzene rings is 2. The molecule has 0 radical (unpaired) electrons. The van der Waals surface area contributed by atoms with Crippen LogP contribution < -0.4 is 11.1 Å². The van der Waals surface area contributed by atoms with E-state index in [-0.39, 0.29) is 11.9 Å². The molecule has 1 atom stereocenters. The van der Waals surface area contributed by atoms with E-state index in [4.69, 9.17) is 5.73 Å². The van der Waals surface area contributed by atoms with E-state index < -0.39 is 0 Å². The highest BCUT2D eigenvalue weighted by Gasteiger charge is 2.24. The maximum atomic E-state index is 12.9. The Hall–Kier alpha value is -3.03. The maximum Gasteiger partial charge on any atom is 0.246 e. The largest absolute Gasteiger partial charge is 0.324 e. The zero-order valence-electron chi connectivity index (χ0n) is 15.5. The van der Waals surface area contributed by atoms with Crippen LogP contribution in [0, 0.1) is 0 Å². The minimum absolute atomic E-state index is 0.0680. The van der Waals surface area contributed by atoms with Gasteiger partial charge in [-0.2, -0.15) is 5.10 Å². The highest BCUT2D eigenvalue weighted by Crippen LogP contribution is 2.23. The zero-order valence-corrected chi connectivity index (χ0v) is 15.5. The van der Waals surface area contributed by atoms with Gasteiger partial charge in [-0.05, 0) is 43.4 Å². The van der Waals surface area contributed by atoms with Crippen LogP contribution >= 0.6 is 0 Å². The smallest absolute Gasteiger partial charge is 0.246 e. The van der Waals surface area contributed by atoms with Gasteiger partial charge < -0.3 is 11.1 Å². The van der Waals surface area contributed by atoms with Crippen molar-refractivity contribution in [1.82, 2.24) is 20.1 Å². The van der Waals surface area contributed by atoms with Crippen molar-refractivity contribution in [1.29, 1.82) is 0 Å². The maximum absolute atomic E-state index is 12.9.